The molecule has 0 radical (unpaired) electrons. The topological polar surface area (TPSA) is 55.0 Å². The van der Waals surface area contributed by atoms with Crippen LogP contribution in [-0.2, 0) is 0 Å². The number of aromatic nitrogens is 2. The minimum atomic E-state index is -4.75. The van der Waals surface area contributed by atoms with Crippen LogP contribution >= 0.6 is 0 Å². The Labute approximate surface area is 105 Å². The van der Waals surface area contributed by atoms with Crippen molar-refractivity contribution in [2.45, 2.75) is 13.3 Å². The predicted molar refractivity (Wildman–Crippen MR) is 61.7 cm³/mol. The molecule has 1 heterocycles. The highest BCUT2D eigenvalue weighted by Crippen LogP contribution is 2.27. The Hall–Kier alpha value is -2.31. The maximum absolute atomic E-state index is 12.1. The smallest absolute Gasteiger partial charge is 0.406 e. The van der Waals surface area contributed by atoms with Gasteiger partial charge in [-0.3, -0.25) is 4.79 Å². The lowest BCUT2D eigenvalue weighted by atomic mass is 10.1. The zero-order valence-electron chi connectivity index (χ0n) is 9.78. The van der Waals surface area contributed by atoms with Crippen LogP contribution in [0.3, 0.4) is 0 Å². The van der Waals surface area contributed by atoms with Crippen molar-refractivity contribution in [3.05, 3.63) is 46.5 Å². The number of nitrogens with one attached hydrogen (secondary N) is 1. The summed E-state index contributed by atoms with van der Waals surface area (Å²) in [6.07, 6.45) is -3.56. The van der Waals surface area contributed by atoms with Crippen molar-refractivity contribution < 1.29 is 17.9 Å². The van der Waals surface area contributed by atoms with Gasteiger partial charge in [0, 0.05) is 11.1 Å². The van der Waals surface area contributed by atoms with Crippen molar-refractivity contribution in [3.8, 4) is 17.0 Å². The molecule has 0 fully saturated rings. The first-order chi connectivity index (χ1) is 8.87. The fourth-order valence-electron chi connectivity index (χ4n) is 1.60. The van der Waals surface area contributed by atoms with E-state index in [0.29, 0.717) is 16.8 Å². The normalized spacial score (nSPS) is 11.4. The zero-order chi connectivity index (χ0) is 14.0. The van der Waals surface area contributed by atoms with Crippen LogP contribution in [0, 0.1) is 6.92 Å². The molecule has 100 valence electrons. The van der Waals surface area contributed by atoms with Crippen LogP contribution in [0.5, 0.6) is 5.75 Å². The lowest BCUT2D eigenvalue weighted by Gasteiger charge is -2.10. The molecular formula is C12H9F3N2O2. The number of alkyl halides is 3. The molecule has 7 heteroatoms. The van der Waals surface area contributed by atoms with Crippen LogP contribution in [0.15, 0.2) is 35.4 Å². The summed E-state index contributed by atoms with van der Waals surface area (Å²) in [6.45, 7) is 1.54. The highest BCUT2D eigenvalue weighted by Gasteiger charge is 2.31. The molecule has 0 saturated heterocycles. The molecule has 0 aliphatic heterocycles. The van der Waals surface area contributed by atoms with E-state index in [9.17, 15) is 18.0 Å². The van der Waals surface area contributed by atoms with E-state index in [2.05, 4.69) is 14.7 Å². The van der Waals surface area contributed by atoms with Gasteiger partial charge >= 0.3 is 6.36 Å². The summed E-state index contributed by atoms with van der Waals surface area (Å²) >= 11 is 0. The summed E-state index contributed by atoms with van der Waals surface area (Å²) in [5.41, 5.74) is 0.681. The van der Waals surface area contributed by atoms with Gasteiger partial charge in [-0.1, -0.05) is 12.1 Å². The van der Waals surface area contributed by atoms with Crippen LogP contribution in [0.2, 0.25) is 0 Å². The van der Waals surface area contributed by atoms with Gasteiger partial charge in [0.1, 0.15) is 5.75 Å². The maximum Gasteiger partial charge on any atom is 0.573 e. The highest BCUT2D eigenvalue weighted by molar-refractivity contribution is 5.63. The molecule has 1 aromatic carbocycles. The van der Waals surface area contributed by atoms with Crippen LogP contribution in [0.1, 0.15) is 5.56 Å². The van der Waals surface area contributed by atoms with E-state index in [1.165, 1.54) is 24.5 Å². The number of hydrogen-bond acceptors (Lipinski definition) is 3. The summed E-state index contributed by atoms with van der Waals surface area (Å²) in [6, 6.07) is 5.32. The Morgan fingerprint density at radius 2 is 2.05 bits per heavy atom. The van der Waals surface area contributed by atoms with Crippen molar-refractivity contribution in [3.63, 3.8) is 0 Å². The molecule has 2 aromatic rings. The number of H-pyrrole nitrogens is 1. The van der Waals surface area contributed by atoms with E-state index < -0.39 is 6.36 Å². The third-order valence-electron chi connectivity index (χ3n) is 2.43. The van der Waals surface area contributed by atoms with E-state index >= 15 is 0 Å². The Balaban J connectivity index is 2.44. The molecule has 4 nitrogen and oxygen atoms in total. The molecule has 2 rings (SSSR count). The molecule has 0 aliphatic carbocycles. The number of aromatic amines is 1. The Kier molecular flexibility index (Phi) is 3.28. The molecule has 19 heavy (non-hydrogen) atoms. The fraction of sp³-hybridized carbons (Fsp3) is 0.167. The number of rotatable bonds is 2. The quantitative estimate of drug-likeness (QED) is 0.912. The van der Waals surface area contributed by atoms with E-state index in [4.69, 9.17) is 0 Å². The van der Waals surface area contributed by atoms with Gasteiger partial charge in [-0.25, -0.2) is 4.98 Å². The van der Waals surface area contributed by atoms with Crippen molar-refractivity contribution in [2.75, 3.05) is 0 Å². The molecular weight excluding hydrogens is 261 g/mol. The second kappa shape index (κ2) is 4.75. The first-order valence-electron chi connectivity index (χ1n) is 5.27. The first-order valence-corrected chi connectivity index (χ1v) is 5.27. The van der Waals surface area contributed by atoms with Crippen LogP contribution in [-0.4, -0.2) is 16.3 Å². The SMILES string of the molecule is Cc1c(-c2cccc(OC(F)(F)F)c2)nc[nH]c1=O. The van der Waals surface area contributed by atoms with Gasteiger partial charge in [0.2, 0.25) is 0 Å². The first kappa shape index (κ1) is 13.1. The molecule has 0 bridgehead atoms. The monoisotopic (exact) mass is 270 g/mol. The molecule has 0 unspecified atom stereocenters. The van der Waals surface area contributed by atoms with Crippen molar-refractivity contribution in [2.24, 2.45) is 0 Å². The molecule has 0 saturated carbocycles. The second-order valence-corrected chi connectivity index (χ2v) is 3.78. The average molecular weight is 270 g/mol. The van der Waals surface area contributed by atoms with Gasteiger partial charge in [-0.05, 0) is 19.1 Å². The van der Waals surface area contributed by atoms with Crippen molar-refractivity contribution in [1.82, 2.24) is 9.97 Å². The highest BCUT2D eigenvalue weighted by atomic mass is 19.4. The van der Waals surface area contributed by atoms with Crippen LogP contribution in [0.4, 0.5) is 13.2 Å². The van der Waals surface area contributed by atoms with E-state index in [0.717, 1.165) is 0 Å². The molecule has 1 aromatic heterocycles. The van der Waals surface area contributed by atoms with E-state index in [1.807, 2.05) is 0 Å². The van der Waals surface area contributed by atoms with Gasteiger partial charge in [-0.15, -0.1) is 13.2 Å². The number of hydrogen-bond donors (Lipinski definition) is 1. The second-order valence-electron chi connectivity index (χ2n) is 3.78. The van der Waals surface area contributed by atoms with Crippen LogP contribution in [0.25, 0.3) is 11.3 Å². The Morgan fingerprint density at radius 3 is 2.74 bits per heavy atom. The lowest BCUT2D eigenvalue weighted by Crippen LogP contribution is -2.17. The zero-order valence-corrected chi connectivity index (χ0v) is 9.78. The van der Waals surface area contributed by atoms with E-state index in [-0.39, 0.29) is 11.3 Å². The van der Waals surface area contributed by atoms with Gasteiger partial charge in [0.25, 0.3) is 5.56 Å². The third-order valence-corrected chi connectivity index (χ3v) is 2.43. The van der Waals surface area contributed by atoms with Gasteiger partial charge in [0.05, 0.1) is 12.0 Å². The molecule has 0 amide bonds. The minimum absolute atomic E-state index is 0.316. The third kappa shape index (κ3) is 3.12. The lowest BCUT2D eigenvalue weighted by molar-refractivity contribution is -0.274. The van der Waals surface area contributed by atoms with Gasteiger partial charge in [0.15, 0.2) is 0 Å². The Morgan fingerprint density at radius 1 is 1.32 bits per heavy atom. The molecule has 0 spiro atoms. The van der Waals surface area contributed by atoms with Gasteiger partial charge < -0.3 is 9.72 Å². The predicted octanol–water partition coefficient (Wildman–Crippen LogP) is 2.64. The van der Waals surface area contributed by atoms with Gasteiger partial charge in [-0.2, -0.15) is 0 Å². The summed E-state index contributed by atoms with van der Waals surface area (Å²) in [5, 5.41) is 0. The van der Waals surface area contributed by atoms with E-state index in [1.54, 1.807) is 13.0 Å². The maximum atomic E-state index is 12.1. The Bertz CT molecular complexity index is 650. The largest absolute Gasteiger partial charge is 0.573 e. The van der Waals surface area contributed by atoms with Crippen LogP contribution < -0.4 is 10.3 Å². The number of benzene rings is 1. The standard InChI is InChI=1S/C12H9F3N2O2/c1-7-10(16-6-17-11(7)18)8-3-2-4-9(5-8)19-12(13,14)15/h2-6H,1H3,(H,16,17,18). The van der Waals surface area contributed by atoms with Crippen molar-refractivity contribution >= 4 is 0 Å². The number of halogens is 3. The number of ether oxygens (including phenoxy) is 1. The summed E-state index contributed by atoms with van der Waals surface area (Å²) < 4.78 is 40.2. The summed E-state index contributed by atoms with van der Waals surface area (Å²) in [7, 11) is 0. The fourth-order valence-corrected chi connectivity index (χ4v) is 1.60. The minimum Gasteiger partial charge on any atom is -0.406 e. The number of nitrogens with zero attached hydrogens (tertiary/aromatic N) is 1. The summed E-state index contributed by atoms with van der Waals surface area (Å²) in [5.74, 6) is -0.355. The average Bonchev–Trinajstić information content (AvgIpc) is 2.31. The summed E-state index contributed by atoms with van der Waals surface area (Å²) in [4.78, 5) is 17.8. The van der Waals surface area contributed by atoms with Crippen molar-refractivity contribution in [1.29, 1.82) is 0 Å². The molecule has 0 atom stereocenters. The molecule has 0 aliphatic rings. The molecule has 1 N–H and O–H groups in total.